The summed E-state index contributed by atoms with van der Waals surface area (Å²) in [5.41, 5.74) is 4.55. The number of nitrogens with zero attached hydrogens (tertiary/aromatic N) is 3. The largest absolute Gasteiger partial charge is 0.372 e. The van der Waals surface area contributed by atoms with Crippen LogP contribution in [0, 0.1) is 13.8 Å². The highest BCUT2D eigenvalue weighted by Gasteiger charge is 2.32. The van der Waals surface area contributed by atoms with E-state index in [2.05, 4.69) is 29.4 Å². The Balaban J connectivity index is 1.72. The molecule has 0 aromatic carbocycles. The highest BCUT2D eigenvalue weighted by atomic mass is 16.5. The third kappa shape index (κ3) is 2.68. The van der Waals surface area contributed by atoms with E-state index in [0.717, 1.165) is 43.1 Å². The van der Waals surface area contributed by atoms with Crippen molar-refractivity contribution in [3.63, 3.8) is 0 Å². The molecule has 1 fully saturated rings. The highest BCUT2D eigenvalue weighted by Crippen LogP contribution is 2.31. The van der Waals surface area contributed by atoms with Crippen molar-refractivity contribution in [3.8, 4) is 0 Å². The average molecular weight is 304 g/mol. The molecule has 0 bridgehead atoms. The number of ether oxygens (including phenoxy) is 1. The monoisotopic (exact) mass is 304 g/mol. The third-order valence-electron chi connectivity index (χ3n) is 4.61. The predicted molar refractivity (Wildman–Crippen MR) is 82.5 cm³/mol. The molecule has 120 valence electrons. The van der Waals surface area contributed by atoms with Gasteiger partial charge in [0.05, 0.1) is 11.9 Å². The normalized spacial score (nSPS) is 21.6. The van der Waals surface area contributed by atoms with E-state index in [-0.39, 0.29) is 6.10 Å². The summed E-state index contributed by atoms with van der Waals surface area (Å²) in [6, 6.07) is 0.293. The summed E-state index contributed by atoms with van der Waals surface area (Å²) < 4.78 is 13.1. The van der Waals surface area contributed by atoms with Crippen molar-refractivity contribution in [3.05, 3.63) is 34.5 Å². The molecule has 2 atom stereocenters. The molecule has 3 heterocycles. The third-order valence-corrected chi connectivity index (χ3v) is 4.61. The molecule has 1 N–H and O–H groups in total. The Bertz CT molecular complexity index is 647. The van der Waals surface area contributed by atoms with Crippen molar-refractivity contribution in [2.75, 3.05) is 6.61 Å². The molecule has 6 heteroatoms. The first-order chi connectivity index (χ1) is 10.6. The van der Waals surface area contributed by atoms with E-state index in [1.165, 1.54) is 11.1 Å². The van der Waals surface area contributed by atoms with Crippen LogP contribution in [-0.2, 0) is 24.8 Å². The molecule has 0 radical (unpaired) electrons. The first kappa shape index (κ1) is 15.2. The van der Waals surface area contributed by atoms with Crippen LogP contribution in [0.3, 0.4) is 0 Å². The molecule has 0 saturated carbocycles. The molecule has 0 unspecified atom stereocenters. The van der Waals surface area contributed by atoms with E-state index in [9.17, 15) is 0 Å². The Morgan fingerprint density at radius 3 is 2.91 bits per heavy atom. The molecule has 1 aliphatic heterocycles. The fourth-order valence-corrected chi connectivity index (χ4v) is 3.07. The van der Waals surface area contributed by atoms with Crippen LogP contribution < -0.4 is 5.32 Å². The van der Waals surface area contributed by atoms with Crippen LogP contribution in [0.25, 0.3) is 0 Å². The van der Waals surface area contributed by atoms with E-state index < -0.39 is 0 Å². The number of aryl methyl sites for hydroxylation is 3. The number of aromatic nitrogens is 3. The van der Waals surface area contributed by atoms with Crippen molar-refractivity contribution >= 4 is 0 Å². The van der Waals surface area contributed by atoms with Gasteiger partial charge < -0.3 is 14.6 Å². The minimum Gasteiger partial charge on any atom is -0.372 e. The smallest absolute Gasteiger partial charge is 0.138 e. The molecule has 1 aliphatic rings. The first-order valence-electron chi connectivity index (χ1n) is 7.89. The number of rotatable bonds is 5. The summed E-state index contributed by atoms with van der Waals surface area (Å²) in [6.45, 7) is 7.70. The maximum Gasteiger partial charge on any atom is 0.138 e. The minimum absolute atomic E-state index is 0.0685. The van der Waals surface area contributed by atoms with Crippen molar-refractivity contribution in [1.82, 2.24) is 20.3 Å². The molecule has 0 amide bonds. The molecular weight excluding hydrogens is 280 g/mol. The van der Waals surface area contributed by atoms with Gasteiger partial charge in [0.1, 0.15) is 11.9 Å². The lowest BCUT2D eigenvalue weighted by molar-refractivity contribution is 0.0978. The van der Waals surface area contributed by atoms with Gasteiger partial charge in [-0.1, -0.05) is 12.1 Å². The van der Waals surface area contributed by atoms with Crippen molar-refractivity contribution in [2.45, 2.75) is 52.3 Å². The summed E-state index contributed by atoms with van der Waals surface area (Å²) in [6.07, 6.45) is 3.88. The van der Waals surface area contributed by atoms with Crippen LogP contribution in [0.2, 0.25) is 0 Å². The number of nitrogens with one attached hydrogen (secondary N) is 1. The van der Waals surface area contributed by atoms with Crippen molar-refractivity contribution in [1.29, 1.82) is 0 Å². The summed E-state index contributed by atoms with van der Waals surface area (Å²) >= 11 is 0. The van der Waals surface area contributed by atoms with Crippen molar-refractivity contribution < 1.29 is 9.26 Å². The molecule has 0 aliphatic carbocycles. The van der Waals surface area contributed by atoms with Gasteiger partial charge in [0, 0.05) is 43.1 Å². The zero-order chi connectivity index (χ0) is 15.7. The van der Waals surface area contributed by atoms with Crippen LogP contribution in [0.5, 0.6) is 0 Å². The van der Waals surface area contributed by atoms with Gasteiger partial charge >= 0.3 is 0 Å². The second kappa shape index (κ2) is 6.22. The lowest BCUT2D eigenvalue weighted by Gasteiger charge is -2.20. The molecule has 2 aromatic heterocycles. The molecule has 3 rings (SSSR count). The highest BCUT2D eigenvalue weighted by molar-refractivity contribution is 5.24. The Morgan fingerprint density at radius 1 is 1.41 bits per heavy atom. The fraction of sp³-hybridized carbons (Fsp3) is 0.625. The molecule has 2 aromatic rings. The fourth-order valence-electron chi connectivity index (χ4n) is 3.07. The van der Waals surface area contributed by atoms with Gasteiger partial charge in [0.25, 0.3) is 0 Å². The van der Waals surface area contributed by atoms with E-state index in [0.29, 0.717) is 6.04 Å². The Hall–Kier alpha value is -1.66. The number of hydrogen-bond acceptors (Lipinski definition) is 5. The second-order valence-electron chi connectivity index (χ2n) is 5.89. The quantitative estimate of drug-likeness (QED) is 0.917. The zero-order valence-electron chi connectivity index (χ0n) is 13.7. The molecule has 1 saturated heterocycles. The summed E-state index contributed by atoms with van der Waals surface area (Å²) in [7, 11) is 1.96. The lowest BCUT2D eigenvalue weighted by atomic mass is 10.0. The first-order valence-corrected chi connectivity index (χ1v) is 7.89. The summed E-state index contributed by atoms with van der Waals surface area (Å²) in [4.78, 5) is 0. The van der Waals surface area contributed by atoms with Crippen molar-refractivity contribution in [2.24, 2.45) is 7.05 Å². The van der Waals surface area contributed by atoms with Gasteiger partial charge in [0.2, 0.25) is 0 Å². The van der Waals surface area contributed by atoms with Crippen LogP contribution in [0.1, 0.15) is 47.7 Å². The maximum absolute atomic E-state index is 5.95. The van der Waals surface area contributed by atoms with E-state index in [1.54, 1.807) is 0 Å². The molecular formula is C16H24N4O2. The lowest BCUT2D eigenvalue weighted by Crippen LogP contribution is -2.31. The topological polar surface area (TPSA) is 65.1 Å². The Labute approximate surface area is 130 Å². The van der Waals surface area contributed by atoms with Crippen LogP contribution in [0.15, 0.2) is 10.7 Å². The van der Waals surface area contributed by atoms with E-state index >= 15 is 0 Å². The van der Waals surface area contributed by atoms with Gasteiger partial charge in [-0.2, -0.15) is 5.10 Å². The van der Waals surface area contributed by atoms with Crippen LogP contribution >= 0.6 is 0 Å². The zero-order valence-corrected chi connectivity index (χ0v) is 13.7. The standard InChI is InChI=1S/C16H24N4O2/c1-5-14-13(11(3)22-19-14)8-17-15-6-7-21-16(15)12-9-18-20(4)10(12)2/h9,15-17H,5-8H2,1-4H3/t15-,16+/m0/s1. The van der Waals surface area contributed by atoms with Crippen LogP contribution in [0.4, 0.5) is 0 Å². The van der Waals surface area contributed by atoms with Gasteiger partial charge in [-0.05, 0) is 26.7 Å². The average Bonchev–Trinajstić information content (AvgIpc) is 3.18. The SMILES string of the molecule is CCc1noc(C)c1CN[C@H]1CCO[C@@H]1c1cnn(C)c1C. The Kier molecular flexibility index (Phi) is 4.31. The minimum atomic E-state index is 0.0685. The summed E-state index contributed by atoms with van der Waals surface area (Å²) in [5.74, 6) is 0.900. The second-order valence-corrected chi connectivity index (χ2v) is 5.89. The van der Waals surface area contributed by atoms with Crippen LogP contribution in [-0.4, -0.2) is 27.6 Å². The molecule has 0 spiro atoms. The maximum atomic E-state index is 5.95. The van der Waals surface area contributed by atoms with Gasteiger partial charge in [-0.3, -0.25) is 4.68 Å². The van der Waals surface area contributed by atoms with Gasteiger partial charge in [-0.25, -0.2) is 0 Å². The molecule has 6 nitrogen and oxygen atoms in total. The van der Waals surface area contributed by atoms with Gasteiger partial charge in [-0.15, -0.1) is 0 Å². The van der Waals surface area contributed by atoms with E-state index in [1.807, 2.05) is 24.9 Å². The number of hydrogen-bond donors (Lipinski definition) is 1. The summed E-state index contributed by atoms with van der Waals surface area (Å²) in [5, 5.41) is 12.1. The van der Waals surface area contributed by atoms with E-state index in [4.69, 9.17) is 9.26 Å². The molecule has 22 heavy (non-hydrogen) atoms. The van der Waals surface area contributed by atoms with Gasteiger partial charge in [0.15, 0.2) is 0 Å². The predicted octanol–water partition coefficient (Wildman–Crippen LogP) is 2.21. The Morgan fingerprint density at radius 2 is 2.23 bits per heavy atom.